The Morgan fingerprint density at radius 2 is 0.860 bits per heavy atom. The number of aliphatic imine (C=N–C) groups is 2. The molecule has 5 nitrogen and oxygen atoms in total. The summed E-state index contributed by atoms with van der Waals surface area (Å²) in [6.07, 6.45) is 7.14. The van der Waals surface area contributed by atoms with Gasteiger partial charge in [-0.25, -0.2) is 9.98 Å². The van der Waals surface area contributed by atoms with Gasteiger partial charge in [-0.05, 0) is 72.3 Å². The molecular formula is C37H32N2O3S. The van der Waals surface area contributed by atoms with Crippen LogP contribution < -0.4 is 14.2 Å². The summed E-state index contributed by atoms with van der Waals surface area (Å²) in [5, 5.41) is 1.95. The van der Waals surface area contributed by atoms with Crippen LogP contribution in [-0.2, 0) is 0 Å². The Bertz CT molecular complexity index is 1590. The predicted octanol–water partition coefficient (Wildman–Crippen LogP) is 10.1. The molecule has 0 aliphatic rings. The number of nitrogens with zero attached hydrogens (tertiary/aromatic N) is 2. The first-order chi connectivity index (χ1) is 21.3. The highest BCUT2D eigenvalue weighted by Gasteiger charge is 2.01. The van der Waals surface area contributed by atoms with E-state index in [1.807, 2.05) is 169 Å². The van der Waals surface area contributed by atoms with E-state index in [4.69, 9.17) is 14.2 Å². The van der Waals surface area contributed by atoms with Crippen molar-refractivity contribution >= 4 is 34.9 Å². The largest absolute Gasteiger partial charge is 0.465 e. The van der Waals surface area contributed by atoms with Crippen molar-refractivity contribution in [3.63, 3.8) is 0 Å². The molecule has 0 amide bonds. The monoisotopic (exact) mass is 584 g/mol. The fourth-order valence-corrected chi connectivity index (χ4v) is 3.71. The van der Waals surface area contributed by atoms with Crippen LogP contribution in [0.5, 0.6) is 17.2 Å². The van der Waals surface area contributed by atoms with Crippen LogP contribution in [0.1, 0.15) is 0 Å². The number of thioether (sulfide) groups is 1. The van der Waals surface area contributed by atoms with Crippen LogP contribution in [0.2, 0.25) is 0 Å². The summed E-state index contributed by atoms with van der Waals surface area (Å²) in [6, 6.07) is 48.2. The van der Waals surface area contributed by atoms with Crippen molar-refractivity contribution in [2.75, 3.05) is 6.26 Å². The average molecular weight is 585 g/mol. The van der Waals surface area contributed by atoms with Gasteiger partial charge in [-0.1, -0.05) is 91.0 Å². The molecular weight excluding hydrogens is 552 g/mol. The maximum absolute atomic E-state index is 5.84. The molecule has 6 heteroatoms. The van der Waals surface area contributed by atoms with Crippen LogP contribution in [0.4, 0.5) is 11.4 Å². The van der Waals surface area contributed by atoms with Crippen molar-refractivity contribution in [3.05, 3.63) is 175 Å². The van der Waals surface area contributed by atoms with Gasteiger partial charge in [0.25, 0.3) is 0 Å². The third-order valence-corrected chi connectivity index (χ3v) is 5.84. The number of hydrogen-bond donors (Lipinski definition) is 0. The standard InChI is InChI=1S/C21H17NO2.C16H15NOS/c1-4-10-18(11-5-1)22-21(24-20-14-8-3-9-15-20)16-17-23-19-12-6-2-7-13-19;1-19-13-12-16(17-14-8-4-2-5-9-14)18-15-10-6-3-7-11-15/h1-17H;2-13H,1H3. The molecule has 5 rings (SSSR count). The summed E-state index contributed by atoms with van der Waals surface area (Å²) >= 11 is 1.61. The normalized spacial score (nSPS) is 11.6. The second-order valence-corrected chi connectivity index (χ2v) is 9.42. The van der Waals surface area contributed by atoms with Crippen LogP contribution in [0.25, 0.3) is 0 Å². The highest BCUT2D eigenvalue weighted by atomic mass is 32.2. The van der Waals surface area contributed by atoms with Crippen LogP contribution in [0.3, 0.4) is 0 Å². The first-order valence-electron chi connectivity index (χ1n) is 13.6. The zero-order valence-corrected chi connectivity index (χ0v) is 24.6. The van der Waals surface area contributed by atoms with Gasteiger partial charge in [0.05, 0.1) is 17.6 Å². The van der Waals surface area contributed by atoms with Gasteiger partial charge < -0.3 is 14.2 Å². The molecule has 0 aromatic heterocycles. The molecule has 5 aromatic rings. The Kier molecular flexibility index (Phi) is 12.9. The smallest absolute Gasteiger partial charge is 0.222 e. The van der Waals surface area contributed by atoms with Gasteiger partial charge >= 0.3 is 0 Å². The van der Waals surface area contributed by atoms with Crippen LogP contribution in [0, 0.1) is 0 Å². The molecule has 0 unspecified atom stereocenters. The molecule has 0 radical (unpaired) electrons. The Morgan fingerprint density at radius 1 is 0.488 bits per heavy atom. The van der Waals surface area contributed by atoms with E-state index in [9.17, 15) is 0 Å². The minimum Gasteiger partial charge on any atom is -0.465 e. The molecule has 0 saturated carbocycles. The van der Waals surface area contributed by atoms with Gasteiger partial charge in [0.15, 0.2) is 0 Å². The molecule has 5 aromatic carbocycles. The lowest BCUT2D eigenvalue weighted by molar-refractivity contribution is 0.479. The predicted molar refractivity (Wildman–Crippen MR) is 180 cm³/mol. The Morgan fingerprint density at radius 3 is 1.28 bits per heavy atom. The Balaban J connectivity index is 0.000000203. The molecule has 0 heterocycles. The lowest BCUT2D eigenvalue weighted by atomic mass is 10.3. The SMILES string of the molecule is C(=CC(=Nc1ccccc1)Oc1ccccc1)Oc1ccccc1.CSC=CC(=Nc1ccccc1)Oc1ccccc1. The Labute approximate surface area is 257 Å². The van der Waals surface area contributed by atoms with Crippen LogP contribution in [-0.4, -0.2) is 18.1 Å². The molecule has 214 valence electrons. The molecule has 0 N–H and O–H groups in total. The summed E-state index contributed by atoms with van der Waals surface area (Å²) in [5.41, 5.74) is 1.69. The summed E-state index contributed by atoms with van der Waals surface area (Å²) in [6.45, 7) is 0. The molecule has 0 aliphatic heterocycles. The number of rotatable bonds is 9. The van der Waals surface area contributed by atoms with E-state index in [2.05, 4.69) is 9.98 Å². The highest BCUT2D eigenvalue weighted by Crippen LogP contribution is 2.16. The maximum Gasteiger partial charge on any atom is 0.222 e. The van der Waals surface area contributed by atoms with E-state index in [1.54, 1.807) is 24.1 Å². The van der Waals surface area contributed by atoms with E-state index in [-0.39, 0.29) is 0 Å². The highest BCUT2D eigenvalue weighted by molar-refractivity contribution is 8.01. The van der Waals surface area contributed by atoms with Crippen molar-refractivity contribution in [1.82, 2.24) is 0 Å². The van der Waals surface area contributed by atoms with Crippen molar-refractivity contribution in [2.45, 2.75) is 0 Å². The lowest BCUT2D eigenvalue weighted by Crippen LogP contribution is -2.05. The average Bonchev–Trinajstić information content (AvgIpc) is 3.06. The Hall–Kier alpha value is -5.33. The van der Waals surface area contributed by atoms with Crippen molar-refractivity contribution < 1.29 is 14.2 Å². The summed E-state index contributed by atoms with van der Waals surface area (Å²) in [7, 11) is 0. The van der Waals surface area contributed by atoms with Crippen molar-refractivity contribution in [3.8, 4) is 17.2 Å². The van der Waals surface area contributed by atoms with Gasteiger partial charge in [0.1, 0.15) is 17.2 Å². The fourth-order valence-electron chi connectivity index (χ4n) is 3.46. The maximum atomic E-state index is 5.84. The molecule has 0 atom stereocenters. The quantitative estimate of drug-likeness (QED) is 0.0983. The zero-order chi connectivity index (χ0) is 29.8. The molecule has 0 saturated heterocycles. The molecule has 0 aliphatic carbocycles. The van der Waals surface area contributed by atoms with Gasteiger partial charge in [-0.15, -0.1) is 11.8 Å². The first kappa shape index (κ1) is 30.6. The summed E-state index contributed by atoms with van der Waals surface area (Å²) in [5.74, 6) is 3.28. The summed E-state index contributed by atoms with van der Waals surface area (Å²) in [4.78, 5) is 9.00. The van der Waals surface area contributed by atoms with Crippen LogP contribution >= 0.6 is 11.8 Å². The third kappa shape index (κ3) is 12.0. The minimum atomic E-state index is 0.448. The number of para-hydroxylation sites is 5. The minimum absolute atomic E-state index is 0.448. The number of hydrogen-bond acceptors (Lipinski definition) is 6. The second-order valence-electron chi connectivity index (χ2n) is 8.67. The van der Waals surface area contributed by atoms with E-state index >= 15 is 0 Å². The van der Waals surface area contributed by atoms with E-state index in [0.717, 1.165) is 28.6 Å². The fraction of sp³-hybridized carbons (Fsp3) is 0.0270. The van der Waals surface area contributed by atoms with E-state index in [1.165, 1.54) is 0 Å². The molecule has 0 spiro atoms. The van der Waals surface area contributed by atoms with Crippen molar-refractivity contribution in [1.29, 1.82) is 0 Å². The number of ether oxygens (including phenoxy) is 3. The zero-order valence-electron chi connectivity index (χ0n) is 23.8. The van der Waals surface area contributed by atoms with E-state index < -0.39 is 0 Å². The van der Waals surface area contributed by atoms with Gasteiger partial charge in [0.2, 0.25) is 11.8 Å². The van der Waals surface area contributed by atoms with Crippen LogP contribution in [0.15, 0.2) is 185 Å². The van der Waals surface area contributed by atoms with Gasteiger partial charge in [0, 0.05) is 12.2 Å². The van der Waals surface area contributed by atoms with Crippen molar-refractivity contribution in [2.24, 2.45) is 9.98 Å². The number of benzene rings is 5. The molecule has 43 heavy (non-hydrogen) atoms. The molecule has 0 fully saturated rings. The van der Waals surface area contributed by atoms with E-state index in [0.29, 0.717) is 11.8 Å². The lowest BCUT2D eigenvalue weighted by Gasteiger charge is -2.06. The first-order valence-corrected chi connectivity index (χ1v) is 14.9. The van der Waals surface area contributed by atoms with Gasteiger partial charge in [-0.2, -0.15) is 0 Å². The molecule has 0 bridgehead atoms. The second kappa shape index (κ2) is 18.2. The summed E-state index contributed by atoms with van der Waals surface area (Å²) < 4.78 is 17.2. The third-order valence-electron chi connectivity index (χ3n) is 5.43. The topological polar surface area (TPSA) is 52.4 Å². The van der Waals surface area contributed by atoms with Gasteiger partial charge in [-0.3, -0.25) is 0 Å².